The first-order valence-corrected chi connectivity index (χ1v) is 6.29. The Balaban J connectivity index is 2.18. The van der Waals surface area contributed by atoms with Crippen LogP contribution in [0.15, 0.2) is 11.0 Å². The molecule has 1 aliphatic rings. The molecule has 8 heteroatoms. The molecule has 0 spiro atoms. The van der Waals surface area contributed by atoms with E-state index in [2.05, 4.69) is 15.6 Å². The van der Waals surface area contributed by atoms with E-state index in [-0.39, 0.29) is 17.8 Å². The molecule has 2 rings (SSSR count). The van der Waals surface area contributed by atoms with Crippen LogP contribution in [0, 0.1) is 6.92 Å². The van der Waals surface area contributed by atoms with E-state index in [9.17, 15) is 14.4 Å². The lowest BCUT2D eigenvalue weighted by Crippen LogP contribution is -2.43. The third-order valence-corrected chi connectivity index (χ3v) is 3.15. The fourth-order valence-electron chi connectivity index (χ4n) is 2.05. The number of rotatable bonds is 4. The Morgan fingerprint density at radius 2 is 2.35 bits per heavy atom. The summed E-state index contributed by atoms with van der Waals surface area (Å²) in [6.07, 6.45) is 2.46. The Hall–Kier alpha value is -2.38. The zero-order chi connectivity index (χ0) is 14.7. The summed E-state index contributed by atoms with van der Waals surface area (Å²) in [5.41, 5.74) is 0.0178. The smallest absolute Gasteiger partial charge is 0.323 e. The molecule has 0 aliphatic carbocycles. The number of amides is 1. The van der Waals surface area contributed by atoms with E-state index in [1.165, 1.54) is 6.20 Å². The average Bonchev–Trinajstić information content (AvgIpc) is 2.40. The van der Waals surface area contributed by atoms with Crippen LogP contribution in [0.5, 0.6) is 0 Å². The fraction of sp³-hybridized carbons (Fsp3) is 0.500. The van der Waals surface area contributed by atoms with Crippen molar-refractivity contribution in [3.8, 4) is 0 Å². The van der Waals surface area contributed by atoms with Gasteiger partial charge in [0.25, 0.3) is 5.56 Å². The molecule has 2 heterocycles. The standard InChI is InChI=1S/C12H16N4O4/c1-7-4-14-11(12(20)16(7)6-10(18)19)15-8-2-3-9(17)13-5-8/h4,8H,2-3,5-6H2,1H3,(H,13,17)(H,14,15)(H,18,19)/t8-/m1/s1. The predicted octanol–water partition coefficient (Wildman–Crippen LogP) is -0.673. The van der Waals surface area contributed by atoms with Gasteiger partial charge in [-0.25, -0.2) is 4.98 Å². The topological polar surface area (TPSA) is 113 Å². The van der Waals surface area contributed by atoms with Crippen LogP contribution in [0.25, 0.3) is 0 Å². The van der Waals surface area contributed by atoms with Gasteiger partial charge < -0.3 is 15.7 Å². The van der Waals surface area contributed by atoms with Gasteiger partial charge in [0.05, 0.1) is 0 Å². The highest BCUT2D eigenvalue weighted by Crippen LogP contribution is 2.08. The zero-order valence-corrected chi connectivity index (χ0v) is 11.0. The highest BCUT2D eigenvalue weighted by Gasteiger charge is 2.20. The van der Waals surface area contributed by atoms with E-state index in [1.54, 1.807) is 6.92 Å². The highest BCUT2D eigenvalue weighted by atomic mass is 16.4. The maximum atomic E-state index is 12.2. The van der Waals surface area contributed by atoms with Crippen molar-refractivity contribution in [2.45, 2.75) is 32.4 Å². The van der Waals surface area contributed by atoms with Gasteiger partial charge in [0, 0.05) is 30.9 Å². The molecule has 1 aliphatic heterocycles. The molecule has 1 aromatic heterocycles. The second-order valence-electron chi connectivity index (χ2n) is 4.72. The Morgan fingerprint density at radius 1 is 1.60 bits per heavy atom. The number of aliphatic carboxylic acids is 1. The molecule has 3 N–H and O–H groups in total. The van der Waals surface area contributed by atoms with Gasteiger partial charge in [0.1, 0.15) is 6.54 Å². The molecule has 1 amide bonds. The number of carbonyl (C=O) groups excluding carboxylic acids is 1. The fourth-order valence-corrected chi connectivity index (χ4v) is 2.05. The molecule has 0 saturated carbocycles. The Kier molecular flexibility index (Phi) is 4.02. The molecule has 0 unspecified atom stereocenters. The molecular formula is C12H16N4O4. The van der Waals surface area contributed by atoms with Gasteiger partial charge in [-0.15, -0.1) is 0 Å². The first-order valence-electron chi connectivity index (χ1n) is 6.29. The Bertz CT molecular complexity index is 586. The molecule has 0 radical (unpaired) electrons. The number of aromatic nitrogens is 2. The Morgan fingerprint density at radius 3 is 2.95 bits per heavy atom. The minimum Gasteiger partial charge on any atom is -0.480 e. The van der Waals surface area contributed by atoms with Crippen molar-refractivity contribution < 1.29 is 14.7 Å². The van der Waals surface area contributed by atoms with Crippen LogP contribution in [0.3, 0.4) is 0 Å². The van der Waals surface area contributed by atoms with Crippen LogP contribution >= 0.6 is 0 Å². The monoisotopic (exact) mass is 280 g/mol. The summed E-state index contributed by atoms with van der Waals surface area (Å²) in [4.78, 5) is 38.0. The highest BCUT2D eigenvalue weighted by molar-refractivity contribution is 5.77. The maximum Gasteiger partial charge on any atom is 0.323 e. The lowest BCUT2D eigenvalue weighted by Gasteiger charge is -2.23. The third kappa shape index (κ3) is 3.14. The zero-order valence-electron chi connectivity index (χ0n) is 11.0. The van der Waals surface area contributed by atoms with Crippen LogP contribution in [0.2, 0.25) is 0 Å². The SMILES string of the molecule is Cc1cnc(N[C@@H]2CCC(=O)NC2)c(=O)n1CC(=O)O. The van der Waals surface area contributed by atoms with Crippen LogP contribution in [0.4, 0.5) is 5.82 Å². The predicted molar refractivity (Wildman–Crippen MR) is 70.5 cm³/mol. The number of hydrogen-bond acceptors (Lipinski definition) is 5. The molecular weight excluding hydrogens is 264 g/mol. The normalized spacial score (nSPS) is 18.4. The summed E-state index contributed by atoms with van der Waals surface area (Å²) in [5.74, 6) is -0.988. The molecule has 108 valence electrons. The summed E-state index contributed by atoms with van der Waals surface area (Å²) in [5, 5.41) is 14.5. The van der Waals surface area contributed by atoms with Crippen LogP contribution in [-0.2, 0) is 16.1 Å². The largest absolute Gasteiger partial charge is 0.480 e. The van der Waals surface area contributed by atoms with Crippen LogP contribution in [0.1, 0.15) is 18.5 Å². The molecule has 1 aromatic rings. The maximum absolute atomic E-state index is 12.2. The minimum absolute atomic E-state index is 0.0109. The van der Waals surface area contributed by atoms with Gasteiger partial charge in [0.2, 0.25) is 5.91 Å². The van der Waals surface area contributed by atoms with Crippen molar-refractivity contribution in [3.05, 3.63) is 22.2 Å². The first-order chi connectivity index (χ1) is 9.47. The number of nitrogens with one attached hydrogen (secondary N) is 2. The van der Waals surface area contributed by atoms with E-state index in [4.69, 9.17) is 5.11 Å². The van der Waals surface area contributed by atoms with Crippen molar-refractivity contribution in [1.29, 1.82) is 0 Å². The average molecular weight is 280 g/mol. The van der Waals surface area contributed by atoms with Gasteiger partial charge in [0.15, 0.2) is 5.82 Å². The van der Waals surface area contributed by atoms with Crippen LogP contribution < -0.4 is 16.2 Å². The number of hydrogen-bond donors (Lipinski definition) is 3. The number of nitrogens with zero attached hydrogens (tertiary/aromatic N) is 2. The number of piperidine rings is 1. The second kappa shape index (κ2) is 5.72. The van der Waals surface area contributed by atoms with E-state index in [0.717, 1.165) is 4.57 Å². The van der Waals surface area contributed by atoms with Crippen molar-refractivity contribution in [3.63, 3.8) is 0 Å². The molecule has 20 heavy (non-hydrogen) atoms. The van der Waals surface area contributed by atoms with Crippen molar-refractivity contribution >= 4 is 17.7 Å². The van der Waals surface area contributed by atoms with E-state index in [0.29, 0.717) is 25.1 Å². The summed E-state index contributed by atoms with van der Waals surface area (Å²) in [7, 11) is 0. The molecule has 0 bridgehead atoms. The van der Waals surface area contributed by atoms with Crippen molar-refractivity contribution in [2.24, 2.45) is 0 Å². The van der Waals surface area contributed by atoms with Crippen molar-refractivity contribution in [1.82, 2.24) is 14.9 Å². The molecule has 1 atom stereocenters. The molecule has 0 aromatic carbocycles. The molecule has 1 saturated heterocycles. The summed E-state index contributed by atoms with van der Waals surface area (Å²) < 4.78 is 1.15. The quantitative estimate of drug-likeness (QED) is 0.674. The number of carboxylic acid groups (broad SMARTS) is 1. The van der Waals surface area contributed by atoms with Gasteiger partial charge >= 0.3 is 5.97 Å². The number of carboxylic acids is 1. The Labute approximate surface area is 114 Å². The third-order valence-electron chi connectivity index (χ3n) is 3.15. The lowest BCUT2D eigenvalue weighted by molar-refractivity contribution is -0.137. The van der Waals surface area contributed by atoms with Gasteiger partial charge in [-0.1, -0.05) is 0 Å². The minimum atomic E-state index is -1.09. The van der Waals surface area contributed by atoms with Gasteiger partial charge in [-0.2, -0.15) is 0 Å². The number of carbonyl (C=O) groups is 2. The van der Waals surface area contributed by atoms with E-state index >= 15 is 0 Å². The molecule has 8 nitrogen and oxygen atoms in total. The number of anilines is 1. The first kappa shape index (κ1) is 14.0. The summed E-state index contributed by atoms with van der Waals surface area (Å²) in [6.45, 7) is 1.65. The van der Waals surface area contributed by atoms with Gasteiger partial charge in [-0.05, 0) is 13.3 Å². The summed E-state index contributed by atoms with van der Waals surface area (Å²) in [6, 6.07) is -0.0751. The van der Waals surface area contributed by atoms with E-state index in [1.807, 2.05) is 0 Å². The second-order valence-corrected chi connectivity index (χ2v) is 4.72. The number of aryl methyl sites for hydroxylation is 1. The summed E-state index contributed by atoms with van der Waals surface area (Å²) >= 11 is 0. The van der Waals surface area contributed by atoms with Crippen molar-refractivity contribution in [2.75, 3.05) is 11.9 Å². The van der Waals surface area contributed by atoms with Crippen LogP contribution in [-0.4, -0.2) is 39.1 Å². The van der Waals surface area contributed by atoms with E-state index < -0.39 is 18.1 Å². The molecule has 1 fully saturated rings. The van der Waals surface area contributed by atoms with Gasteiger partial charge in [-0.3, -0.25) is 19.0 Å². The lowest BCUT2D eigenvalue weighted by atomic mass is 10.1.